The average Bonchev–Trinajstić information content (AvgIpc) is 3.02. The molecule has 0 aliphatic heterocycles. The molecule has 0 amide bonds. The third kappa shape index (κ3) is 2.40. The van der Waals surface area contributed by atoms with E-state index in [-0.39, 0.29) is 0 Å². The lowest BCUT2D eigenvalue weighted by atomic mass is 9.96. The fraction of sp³-hybridized carbons (Fsp3) is 0.571. The maximum absolute atomic E-state index is 3.63. The minimum atomic E-state index is 0.592. The van der Waals surface area contributed by atoms with Crippen molar-refractivity contribution in [2.24, 2.45) is 5.92 Å². The molecule has 0 aromatic heterocycles. The molecule has 1 nitrogen and oxygen atoms in total. The molecule has 1 aliphatic rings. The molecule has 15 heavy (non-hydrogen) atoms. The molecule has 2 rings (SSSR count). The van der Waals surface area contributed by atoms with Crippen molar-refractivity contribution < 1.29 is 0 Å². The molecule has 1 fully saturated rings. The molecule has 1 aromatic carbocycles. The summed E-state index contributed by atoms with van der Waals surface area (Å²) in [5.74, 6) is 0.880. The van der Waals surface area contributed by atoms with Crippen LogP contribution in [0.5, 0.6) is 0 Å². The summed E-state index contributed by atoms with van der Waals surface area (Å²) in [6.45, 7) is 7.66. The van der Waals surface area contributed by atoms with Gasteiger partial charge in [0.2, 0.25) is 0 Å². The summed E-state index contributed by atoms with van der Waals surface area (Å²) in [5.41, 5.74) is 4.32. The highest BCUT2D eigenvalue weighted by Crippen LogP contribution is 2.41. The van der Waals surface area contributed by atoms with Gasteiger partial charge in [-0.3, -0.25) is 0 Å². The van der Waals surface area contributed by atoms with Crippen molar-refractivity contribution in [1.82, 2.24) is 5.32 Å². The van der Waals surface area contributed by atoms with Crippen molar-refractivity contribution in [2.45, 2.75) is 39.7 Å². The Balaban J connectivity index is 2.27. The minimum absolute atomic E-state index is 0.592. The van der Waals surface area contributed by atoms with E-state index in [9.17, 15) is 0 Å². The highest BCUT2D eigenvalue weighted by Gasteiger charge is 2.32. The third-order valence-corrected chi connectivity index (χ3v) is 3.29. The first kappa shape index (κ1) is 10.7. The Morgan fingerprint density at radius 1 is 1.33 bits per heavy atom. The Hall–Kier alpha value is -0.820. The second kappa shape index (κ2) is 4.36. The van der Waals surface area contributed by atoms with Gasteiger partial charge in [0, 0.05) is 6.04 Å². The van der Waals surface area contributed by atoms with Gasteiger partial charge >= 0.3 is 0 Å². The van der Waals surface area contributed by atoms with Crippen molar-refractivity contribution in [3.05, 3.63) is 34.9 Å². The van der Waals surface area contributed by atoms with Gasteiger partial charge in [-0.25, -0.2) is 0 Å². The van der Waals surface area contributed by atoms with Gasteiger partial charge in [-0.2, -0.15) is 0 Å². The number of benzene rings is 1. The Morgan fingerprint density at radius 2 is 2.07 bits per heavy atom. The number of hydrogen-bond donors (Lipinski definition) is 1. The molecule has 0 saturated heterocycles. The highest BCUT2D eigenvalue weighted by molar-refractivity contribution is 5.34. The molecule has 1 aromatic rings. The van der Waals surface area contributed by atoms with Crippen LogP contribution in [-0.2, 0) is 0 Å². The van der Waals surface area contributed by atoms with Crippen LogP contribution in [-0.4, -0.2) is 6.54 Å². The highest BCUT2D eigenvalue weighted by atomic mass is 14.9. The van der Waals surface area contributed by atoms with Crippen molar-refractivity contribution in [3.63, 3.8) is 0 Å². The predicted octanol–water partition coefficient (Wildman–Crippen LogP) is 3.36. The van der Waals surface area contributed by atoms with Crippen molar-refractivity contribution in [3.8, 4) is 0 Å². The molecule has 1 saturated carbocycles. The van der Waals surface area contributed by atoms with E-state index in [0.29, 0.717) is 6.04 Å². The van der Waals surface area contributed by atoms with E-state index in [1.165, 1.54) is 29.5 Å². The molecule has 1 N–H and O–H groups in total. The van der Waals surface area contributed by atoms with Crippen LogP contribution in [0.15, 0.2) is 18.2 Å². The van der Waals surface area contributed by atoms with E-state index in [1.807, 2.05) is 0 Å². The SMILES string of the molecule is CCNC(c1cc(C)ccc1C)C1CC1. The van der Waals surface area contributed by atoms with Gasteiger partial charge in [-0.05, 0) is 50.3 Å². The van der Waals surface area contributed by atoms with Crippen LogP contribution in [0.3, 0.4) is 0 Å². The van der Waals surface area contributed by atoms with E-state index in [2.05, 4.69) is 44.3 Å². The van der Waals surface area contributed by atoms with Crippen molar-refractivity contribution in [1.29, 1.82) is 0 Å². The monoisotopic (exact) mass is 203 g/mol. The largest absolute Gasteiger partial charge is 0.310 e. The van der Waals surface area contributed by atoms with E-state index < -0.39 is 0 Å². The van der Waals surface area contributed by atoms with Gasteiger partial charge in [0.15, 0.2) is 0 Å². The first-order chi connectivity index (χ1) is 7.22. The smallest absolute Gasteiger partial charge is 0.0351 e. The summed E-state index contributed by atoms with van der Waals surface area (Å²) in [6, 6.07) is 7.39. The maximum atomic E-state index is 3.63. The van der Waals surface area contributed by atoms with Crippen LogP contribution in [0, 0.1) is 19.8 Å². The normalized spacial score (nSPS) is 17.8. The van der Waals surface area contributed by atoms with Crippen LogP contribution in [0.1, 0.15) is 42.5 Å². The number of nitrogens with one attached hydrogen (secondary N) is 1. The first-order valence-corrected chi connectivity index (χ1v) is 6.03. The Kier molecular flexibility index (Phi) is 3.11. The molecular formula is C14H21N. The van der Waals surface area contributed by atoms with Crippen LogP contribution in [0.2, 0.25) is 0 Å². The Labute approximate surface area is 92.9 Å². The second-order valence-corrected chi connectivity index (χ2v) is 4.73. The lowest BCUT2D eigenvalue weighted by molar-refractivity contribution is 0.494. The molecule has 1 heteroatoms. The zero-order chi connectivity index (χ0) is 10.8. The zero-order valence-corrected chi connectivity index (χ0v) is 10.0. The molecule has 1 atom stereocenters. The van der Waals surface area contributed by atoms with Gasteiger partial charge in [0.05, 0.1) is 0 Å². The van der Waals surface area contributed by atoms with E-state index in [0.717, 1.165) is 12.5 Å². The summed E-state index contributed by atoms with van der Waals surface area (Å²) in [6.07, 6.45) is 2.79. The van der Waals surface area contributed by atoms with E-state index in [4.69, 9.17) is 0 Å². The quantitative estimate of drug-likeness (QED) is 0.791. The molecule has 0 spiro atoms. The topological polar surface area (TPSA) is 12.0 Å². The Bertz CT molecular complexity index is 339. The predicted molar refractivity (Wildman–Crippen MR) is 65.1 cm³/mol. The number of hydrogen-bond acceptors (Lipinski definition) is 1. The summed E-state index contributed by atoms with van der Waals surface area (Å²) in [5, 5.41) is 3.63. The first-order valence-electron chi connectivity index (χ1n) is 6.03. The molecule has 0 heterocycles. The van der Waals surface area contributed by atoms with Crippen LogP contribution < -0.4 is 5.32 Å². The van der Waals surface area contributed by atoms with Crippen LogP contribution >= 0.6 is 0 Å². The standard InChI is InChI=1S/C14H21N/c1-4-15-14(12-7-8-12)13-9-10(2)5-6-11(13)3/h5-6,9,12,14-15H,4,7-8H2,1-3H3. The number of aryl methyl sites for hydroxylation is 2. The molecular weight excluding hydrogens is 182 g/mol. The van der Waals surface area contributed by atoms with E-state index >= 15 is 0 Å². The fourth-order valence-corrected chi connectivity index (χ4v) is 2.27. The third-order valence-electron chi connectivity index (χ3n) is 3.29. The number of rotatable bonds is 4. The van der Waals surface area contributed by atoms with Crippen molar-refractivity contribution >= 4 is 0 Å². The summed E-state index contributed by atoms with van der Waals surface area (Å²) < 4.78 is 0. The molecule has 1 aliphatic carbocycles. The average molecular weight is 203 g/mol. The van der Waals surface area contributed by atoms with Crippen LogP contribution in [0.4, 0.5) is 0 Å². The fourth-order valence-electron chi connectivity index (χ4n) is 2.27. The maximum Gasteiger partial charge on any atom is 0.0351 e. The summed E-state index contributed by atoms with van der Waals surface area (Å²) >= 11 is 0. The molecule has 0 bridgehead atoms. The van der Waals surface area contributed by atoms with Crippen molar-refractivity contribution in [2.75, 3.05) is 6.54 Å². The second-order valence-electron chi connectivity index (χ2n) is 4.73. The van der Waals surface area contributed by atoms with Crippen LogP contribution in [0.25, 0.3) is 0 Å². The lowest BCUT2D eigenvalue weighted by Gasteiger charge is -2.20. The van der Waals surface area contributed by atoms with Gasteiger partial charge in [0.1, 0.15) is 0 Å². The van der Waals surface area contributed by atoms with Gasteiger partial charge < -0.3 is 5.32 Å². The molecule has 1 unspecified atom stereocenters. The van der Waals surface area contributed by atoms with Gasteiger partial charge in [-0.1, -0.05) is 30.7 Å². The van der Waals surface area contributed by atoms with Gasteiger partial charge in [0.25, 0.3) is 0 Å². The molecule has 0 radical (unpaired) electrons. The zero-order valence-electron chi connectivity index (χ0n) is 10.0. The minimum Gasteiger partial charge on any atom is -0.310 e. The Morgan fingerprint density at radius 3 is 2.67 bits per heavy atom. The van der Waals surface area contributed by atoms with E-state index in [1.54, 1.807) is 0 Å². The summed E-state index contributed by atoms with van der Waals surface area (Å²) in [7, 11) is 0. The van der Waals surface area contributed by atoms with Gasteiger partial charge in [-0.15, -0.1) is 0 Å². The summed E-state index contributed by atoms with van der Waals surface area (Å²) in [4.78, 5) is 0. The molecule has 82 valence electrons. The lowest BCUT2D eigenvalue weighted by Crippen LogP contribution is -2.23.